The van der Waals surface area contributed by atoms with E-state index in [-0.39, 0.29) is 6.29 Å². The van der Waals surface area contributed by atoms with Crippen molar-refractivity contribution in [1.82, 2.24) is 0 Å². The molecule has 1 heterocycles. The van der Waals surface area contributed by atoms with E-state index in [9.17, 15) is 12.7 Å². The Labute approximate surface area is 130 Å². The quantitative estimate of drug-likeness (QED) is 0.429. The molecule has 0 N–H and O–H groups in total. The van der Waals surface area contributed by atoms with Gasteiger partial charge in [0.25, 0.3) is 0 Å². The summed E-state index contributed by atoms with van der Waals surface area (Å²) in [5.41, 5.74) is 0. The topological polar surface area (TPSA) is 18.5 Å². The summed E-state index contributed by atoms with van der Waals surface area (Å²) in [6, 6.07) is 0. The lowest BCUT2D eigenvalue weighted by Gasteiger charge is -2.28. The average Bonchev–Trinajstić information content (AvgIpc) is 2.53. The highest BCUT2D eigenvalue weighted by molar-refractivity contribution is 8.11. The molecule has 2 aliphatic rings. The van der Waals surface area contributed by atoms with Crippen molar-refractivity contribution in [2.75, 3.05) is 19.5 Å². The molecule has 0 aromatic rings. The van der Waals surface area contributed by atoms with Gasteiger partial charge >= 0.3 is 5.37 Å². The molecule has 21 heavy (non-hydrogen) atoms. The zero-order valence-electron chi connectivity index (χ0n) is 12.0. The van der Waals surface area contributed by atoms with Crippen LogP contribution in [0.3, 0.4) is 0 Å². The first kappa shape index (κ1) is 17.4. The fraction of sp³-hybridized carbons (Fsp3) is 0.786. The Hall–Kier alpha value is 0.0200. The van der Waals surface area contributed by atoms with Crippen LogP contribution in [0.1, 0.15) is 25.7 Å². The van der Waals surface area contributed by atoms with Gasteiger partial charge in [0.2, 0.25) is 0 Å². The Balaban J connectivity index is 1.74. The van der Waals surface area contributed by atoms with Crippen molar-refractivity contribution < 1.29 is 22.1 Å². The van der Waals surface area contributed by atoms with Crippen LogP contribution >= 0.6 is 22.6 Å². The summed E-state index contributed by atoms with van der Waals surface area (Å²) >= 11 is 1.73. The molecule has 0 bridgehead atoms. The fourth-order valence-electron chi connectivity index (χ4n) is 2.61. The lowest BCUT2D eigenvalue weighted by molar-refractivity contribution is -0.146. The van der Waals surface area contributed by atoms with Crippen molar-refractivity contribution >= 4 is 28.0 Å². The lowest BCUT2D eigenvalue weighted by atomic mass is 9.88. The molecule has 0 aromatic heterocycles. The van der Waals surface area contributed by atoms with Crippen molar-refractivity contribution in [2.24, 2.45) is 5.92 Å². The van der Waals surface area contributed by atoms with Gasteiger partial charge in [0.1, 0.15) is 0 Å². The van der Waals surface area contributed by atoms with E-state index in [1.807, 2.05) is 18.4 Å². The maximum atomic E-state index is 13.3. The number of allylic oxidation sites excluding steroid dienone is 1. The molecule has 1 aliphatic heterocycles. The minimum Gasteiger partial charge on any atom is -0.348 e. The van der Waals surface area contributed by atoms with Crippen LogP contribution in [0.2, 0.25) is 0 Å². The van der Waals surface area contributed by atoms with Crippen molar-refractivity contribution in [3.05, 3.63) is 12.2 Å². The molecule has 1 unspecified atom stereocenters. The first-order valence-corrected chi connectivity index (χ1v) is 9.59. The molecule has 1 atom stereocenters. The second-order valence-electron chi connectivity index (χ2n) is 5.32. The van der Waals surface area contributed by atoms with Gasteiger partial charge in [-0.15, -0.1) is 0 Å². The molecule has 2 rings (SSSR count). The third kappa shape index (κ3) is 5.30. The molecule has 122 valence electrons. The number of rotatable bonds is 4. The predicted octanol–water partition coefficient (Wildman–Crippen LogP) is 4.39. The summed E-state index contributed by atoms with van der Waals surface area (Å²) in [5.74, 6) is 0.311. The molecule has 0 radical (unpaired) electrons. The zero-order valence-corrected chi connectivity index (χ0v) is 13.6. The van der Waals surface area contributed by atoms with E-state index < -0.39 is 21.5 Å². The molecule has 2 nitrogen and oxygen atoms in total. The second-order valence-corrected chi connectivity index (χ2v) is 8.01. The minimum atomic E-state index is -2.33. The van der Waals surface area contributed by atoms with Crippen LogP contribution < -0.4 is 0 Å². The van der Waals surface area contributed by atoms with Crippen LogP contribution in [0.4, 0.5) is 12.7 Å². The largest absolute Gasteiger partial charge is 0.348 e. The lowest BCUT2D eigenvalue weighted by Crippen LogP contribution is -2.32. The van der Waals surface area contributed by atoms with Gasteiger partial charge in [0.05, 0.1) is 29.3 Å². The van der Waals surface area contributed by atoms with Gasteiger partial charge in [-0.3, -0.25) is 0 Å². The SMILES string of the molecule is CSC1COC(/C=C/C2CCC(S(F)=C(F)F)CC2)OC1. The Kier molecular flexibility index (Phi) is 7.12. The highest BCUT2D eigenvalue weighted by Crippen LogP contribution is 2.38. The van der Waals surface area contributed by atoms with Crippen LogP contribution in [0.25, 0.3) is 0 Å². The van der Waals surface area contributed by atoms with Crippen molar-refractivity contribution in [3.63, 3.8) is 0 Å². The van der Waals surface area contributed by atoms with Crippen LogP contribution in [-0.2, 0) is 9.47 Å². The smallest absolute Gasteiger partial charge is 0.324 e. The minimum absolute atomic E-state index is 0.307. The monoisotopic (exact) mass is 342 g/mol. The summed E-state index contributed by atoms with van der Waals surface area (Å²) in [6.45, 7) is 1.36. The van der Waals surface area contributed by atoms with Crippen LogP contribution in [-0.4, -0.2) is 41.6 Å². The van der Waals surface area contributed by atoms with Gasteiger partial charge in [-0.25, -0.2) is 0 Å². The molecule has 0 aromatic carbocycles. The number of ether oxygens (including phenoxy) is 2. The van der Waals surface area contributed by atoms with Crippen molar-refractivity contribution in [3.8, 4) is 0 Å². The number of thioether (sulfide) groups is 1. The third-order valence-corrected chi connectivity index (χ3v) is 6.22. The first-order chi connectivity index (χ1) is 10.1. The van der Waals surface area contributed by atoms with Crippen molar-refractivity contribution in [1.29, 1.82) is 0 Å². The van der Waals surface area contributed by atoms with Gasteiger partial charge in [-0.05, 0) is 43.9 Å². The molecular formula is C14H21F3O2S2. The van der Waals surface area contributed by atoms with Gasteiger partial charge in [-0.1, -0.05) is 6.08 Å². The number of halogens is 3. The average molecular weight is 342 g/mol. The van der Waals surface area contributed by atoms with E-state index >= 15 is 0 Å². The molecule has 7 heteroatoms. The van der Waals surface area contributed by atoms with E-state index in [0.29, 0.717) is 37.2 Å². The van der Waals surface area contributed by atoms with Crippen LogP contribution in [0, 0.1) is 5.92 Å². The zero-order chi connectivity index (χ0) is 15.2. The molecule has 1 aliphatic carbocycles. The summed E-state index contributed by atoms with van der Waals surface area (Å²) in [6.07, 6.45) is 8.20. The third-order valence-electron chi connectivity index (χ3n) is 3.93. The Morgan fingerprint density at radius 1 is 1.10 bits per heavy atom. The highest BCUT2D eigenvalue weighted by atomic mass is 32.2. The van der Waals surface area contributed by atoms with Gasteiger partial charge in [0, 0.05) is 5.25 Å². The summed E-state index contributed by atoms with van der Waals surface area (Å²) in [7, 11) is -2.33. The normalized spacial score (nSPS) is 35.8. The van der Waals surface area contributed by atoms with Crippen LogP contribution in [0.5, 0.6) is 0 Å². The number of hydrogen-bond donors (Lipinski definition) is 0. The van der Waals surface area contributed by atoms with E-state index in [1.54, 1.807) is 11.8 Å². The molecule has 0 amide bonds. The van der Waals surface area contributed by atoms with E-state index in [2.05, 4.69) is 0 Å². The van der Waals surface area contributed by atoms with Crippen molar-refractivity contribution in [2.45, 2.75) is 42.5 Å². The summed E-state index contributed by atoms with van der Waals surface area (Å²) < 4.78 is 48.9. The molecule has 0 spiro atoms. The standard InChI is InChI=1S/C14H21F3O2S2/c1-20-11-8-18-13(19-9-11)7-4-10-2-5-12(6-3-10)21(17)14(15)16/h4,7,10-13H,2-3,5-6,8-9H2,1H3/b7-4+. The summed E-state index contributed by atoms with van der Waals surface area (Å²) in [5, 5.41) is -2.16. The van der Waals surface area contributed by atoms with Crippen LogP contribution in [0.15, 0.2) is 12.2 Å². The van der Waals surface area contributed by atoms with E-state index in [4.69, 9.17) is 9.47 Å². The second kappa shape index (κ2) is 8.60. The number of hydrogen-bond acceptors (Lipinski definition) is 3. The Bertz CT molecular complexity index is 384. The fourth-order valence-corrected chi connectivity index (χ4v) is 3.98. The molecule has 1 saturated heterocycles. The maximum absolute atomic E-state index is 13.3. The molecule has 2 fully saturated rings. The van der Waals surface area contributed by atoms with Gasteiger partial charge in [0.15, 0.2) is 6.29 Å². The Morgan fingerprint density at radius 2 is 1.71 bits per heavy atom. The maximum Gasteiger partial charge on any atom is 0.324 e. The molecular weight excluding hydrogens is 321 g/mol. The Morgan fingerprint density at radius 3 is 2.24 bits per heavy atom. The first-order valence-electron chi connectivity index (χ1n) is 7.11. The predicted molar refractivity (Wildman–Crippen MR) is 83.8 cm³/mol. The van der Waals surface area contributed by atoms with E-state index in [0.717, 1.165) is 12.8 Å². The summed E-state index contributed by atoms with van der Waals surface area (Å²) in [4.78, 5) is 0. The molecule has 1 saturated carbocycles. The highest BCUT2D eigenvalue weighted by Gasteiger charge is 2.25. The van der Waals surface area contributed by atoms with E-state index in [1.165, 1.54) is 0 Å². The van der Waals surface area contributed by atoms with Gasteiger partial charge < -0.3 is 9.47 Å². The van der Waals surface area contributed by atoms with Gasteiger partial charge in [-0.2, -0.15) is 24.4 Å².